The van der Waals surface area contributed by atoms with Crippen LogP contribution in [0.2, 0.25) is 0 Å². The second kappa shape index (κ2) is 4.28. The fourth-order valence-electron chi connectivity index (χ4n) is 1.94. The van der Waals surface area contributed by atoms with Crippen molar-refractivity contribution in [1.82, 2.24) is 10.1 Å². The third-order valence-electron chi connectivity index (χ3n) is 3.13. The second-order valence-corrected chi connectivity index (χ2v) is 4.33. The van der Waals surface area contributed by atoms with Crippen LogP contribution in [0.3, 0.4) is 0 Å². The van der Waals surface area contributed by atoms with Gasteiger partial charge in [-0.3, -0.25) is 0 Å². The van der Waals surface area contributed by atoms with E-state index in [4.69, 9.17) is 14.7 Å². The number of rotatable bonds is 2. The van der Waals surface area contributed by atoms with E-state index < -0.39 is 0 Å². The zero-order valence-electron chi connectivity index (χ0n) is 10.7. The Morgan fingerprint density at radius 1 is 1.11 bits per heavy atom. The highest BCUT2D eigenvalue weighted by molar-refractivity contribution is 5.68. The van der Waals surface area contributed by atoms with E-state index in [1.54, 1.807) is 6.26 Å². The molecule has 2 heterocycles. The molecule has 5 nitrogen and oxygen atoms in total. The van der Waals surface area contributed by atoms with E-state index in [-0.39, 0.29) is 0 Å². The number of anilines is 1. The fourth-order valence-corrected chi connectivity index (χ4v) is 1.94. The molecule has 3 rings (SSSR count). The van der Waals surface area contributed by atoms with E-state index in [0.29, 0.717) is 17.4 Å². The van der Waals surface area contributed by atoms with Crippen molar-refractivity contribution < 1.29 is 8.94 Å². The molecule has 96 valence electrons. The van der Waals surface area contributed by atoms with E-state index in [1.807, 2.05) is 38.1 Å². The summed E-state index contributed by atoms with van der Waals surface area (Å²) in [5.74, 6) is 1.74. The first-order valence-corrected chi connectivity index (χ1v) is 5.90. The summed E-state index contributed by atoms with van der Waals surface area (Å²) < 4.78 is 10.5. The molecule has 0 aliphatic rings. The third-order valence-corrected chi connectivity index (χ3v) is 3.13. The number of benzene rings is 1. The molecule has 0 spiro atoms. The Kier molecular flexibility index (Phi) is 2.59. The first kappa shape index (κ1) is 11.5. The number of nitrogen functional groups attached to an aromatic ring is 1. The minimum atomic E-state index is 0.459. The Morgan fingerprint density at radius 3 is 2.68 bits per heavy atom. The molecule has 0 saturated heterocycles. The molecule has 0 radical (unpaired) electrons. The normalized spacial score (nSPS) is 10.8. The van der Waals surface area contributed by atoms with Crippen LogP contribution in [-0.2, 0) is 0 Å². The van der Waals surface area contributed by atoms with Gasteiger partial charge in [0.25, 0.3) is 5.89 Å². The van der Waals surface area contributed by atoms with Crippen molar-refractivity contribution in [1.29, 1.82) is 0 Å². The van der Waals surface area contributed by atoms with E-state index in [9.17, 15) is 0 Å². The predicted molar refractivity (Wildman–Crippen MR) is 71.3 cm³/mol. The Balaban J connectivity index is 2.07. The lowest BCUT2D eigenvalue weighted by atomic mass is 10.1. The maximum absolute atomic E-state index is 5.88. The van der Waals surface area contributed by atoms with Gasteiger partial charge in [-0.25, -0.2) is 0 Å². The summed E-state index contributed by atoms with van der Waals surface area (Å²) >= 11 is 0. The smallest absolute Gasteiger partial charge is 0.258 e. The summed E-state index contributed by atoms with van der Waals surface area (Å²) in [6.45, 7) is 3.79. The summed E-state index contributed by atoms with van der Waals surface area (Å²) in [6, 6.07) is 7.43. The molecule has 0 unspecified atom stereocenters. The molecule has 0 saturated carbocycles. The largest absolute Gasteiger partial charge is 0.469 e. The van der Waals surface area contributed by atoms with Crippen LogP contribution in [0.1, 0.15) is 11.3 Å². The Bertz CT molecular complexity index is 728. The summed E-state index contributed by atoms with van der Waals surface area (Å²) in [7, 11) is 0. The van der Waals surface area contributed by atoms with Crippen molar-refractivity contribution in [3.8, 4) is 22.8 Å². The van der Waals surface area contributed by atoms with Crippen molar-refractivity contribution in [2.24, 2.45) is 0 Å². The lowest BCUT2D eigenvalue weighted by Crippen LogP contribution is -1.92. The van der Waals surface area contributed by atoms with Crippen LogP contribution < -0.4 is 5.73 Å². The SMILES string of the molecule is Cc1occc1-c1noc(-c2cccc(N)c2C)n1. The van der Waals surface area contributed by atoms with Gasteiger partial charge in [-0.15, -0.1) is 0 Å². The standard InChI is InChI=1S/C14H13N3O2/c1-8-10(4-3-5-12(8)15)14-16-13(17-19-14)11-6-7-18-9(11)2/h3-7H,15H2,1-2H3. The predicted octanol–water partition coefficient (Wildman–Crippen LogP) is 3.20. The fraction of sp³-hybridized carbons (Fsp3) is 0.143. The highest BCUT2D eigenvalue weighted by atomic mass is 16.5. The third kappa shape index (κ3) is 1.89. The summed E-state index contributed by atoms with van der Waals surface area (Å²) in [5.41, 5.74) is 9.19. The molecule has 19 heavy (non-hydrogen) atoms. The number of hydrogen-bond donors (Lipinski definition) is 1. The van der Waals surface area contributed by atoms with Crippen LogP contribution in [0.25, 0.3) is 22.8 Å². The quantitative estimate of drug-likeness (QED) is 0.711. The van der Waals surface area contributed by atoms with Gasteiger partial charge in [-0.1, -0.05) is 11.2 Å². The maximum atomic E-state index is 5.88. The Labute approximate surface area is 110 Å². The lowest BCUT2D eigenvalue weighted by molar-refractivity contribution is 0.432. The molecule has 2 aromatic heterocycles. The molecule has 0 amide bonds. The van der Waals surface area contributed by atoms with Crippen molar-refractivity contribution >= 4 is 5.69 Å². The van der Waals surface area contributed by atoms with Crippen molar-refractivity contribution in [2.75, 3.05) is 5.73 Å². The van der Waals surface area contributed by atoms with Gasteiger partial charge in [-0.05, 0) is 37.6 Å². The van der Waals surface area contributed by atoms with E-state index >= 15 is 0 Å². The second-order valence-electron chi connectivity index (χ2n) is 4.33. The van der Waals surface area contributed by atoms with Gasteiger partial charge in [-0.2, -0.15) is 4.98 Å². The van der Waals surface area contributed by atoms with Crippen molar-refractivity contribution in [2.45, 2.75) is 13.8 Å². The molecule has 0 fully saturated rings. The number of nitrogens with zero attached hydrogens (tertiary/aromatic N) is 2. The molecule has 0 bridgehead atoms. The van der Waals surface area contributed by atoms with E-state index in [1.165, 1.54) is 0 Å². The van der Waals surface area contributed by atoms with E-state index in [0.717, 1.165) is 22.5 Å². The highest BCUT2D eigenvalue weighted by Gasteiger charge is 2.15. The van der Waals surface area contributed by atoms with Gasteiger partial charge >= 0.3 is 0 Å². The van der Waals surface area contributed by atoms with Gasteiger partial charge in [0.1, 0.15) is 5.76 Å². The highest BCUT2D eigenvalue weighted by Crippen LogP contribution is 2.28. The molecule has 0 aliphatic heterocycles. The Morgan fingerprint density at radius 2 is 1.95 bits per heavy atom. The minimum absolute atomic E-state index is 0.459. The number of hydrogen-bond acceptors (Lipinski definition) is 5. The van der Waals surface area contributed by atoms with E-state index in [2.05, 4.69) is 10.1 Å². The number of aromatic nitrogens is 2. The average molecular weight is 255 g/mol. The molecular formula is C14H13N3O2. The average Bonchev–Trinajstić information content (AvgIpc) is 3.01. The van der Waals surface area contributed by atoms with Crippen LogP contribution in [0.15, 0.2) is 39.5 Å². The molecule has 3 aromatic rings. The van der Waals surface area contributed by atoms with Gasteiger partial charge in [0, 0.05) is 11.3 Å². The monoisotopic (exact) mass is 255 g/mol. The summed E-state index contributed by atoms with van der Waals surface area (Å²) in [6.07, 6.45) is 1.60. The molecule has 2 N–H and O–H groups in total. The molecule has 0 aliphatic carbocycles. The minimum Gasteiger partial charge on any atom is -0.469 e. The molecule has 0 atom stereocenters. The number of furan rings is 1. The number of nitrogens with two attached hydrogens (primary N) is 1. The van der Waals surface area contributed by atoms with Crippen molar-refractivity contribution in [3.05, 3.63) is 41.9 Å². The van der Waals surface area contributed by atoms with Gasteiger partial charge in [0.2, 0.25) is 5.82 Å². The molecule has 5 heteroatoms. The summed E-state index contributed by atoms with van der Waals surface area (Å²) in [5, 5.41) is 3.98. The Hall–Kier alpha value is -2.56. The van der Waals surface area contributed by atoms with Gasteiger partial charge in [0.15, 0.2) is 0 Å². The van der Waals surface area contributed by atoms with Crippen LogP contribution >= 0.6 is 0 Å². The first-order valence-electron chi connectivity index (χ1n) is 5.90. The number of aryl methyl sites for hydroxylation is 1. The maximum Gasteiger partial charge on any atom is 0.258 e. The molecular weight excluding hydrogens is 242 g/mol. The van der Waals surface area contributed by atoms with Gasteiger partial charge < -0.3 is 14.7 Å². The van der Waals surface area contributed by atoms with Gasteiger partial charge in [0.05, 0.1) is 11.8 Å². The molecule has 1 aromatic carbocycles. The van der Waals surface area contributed by atoms with Crippen LogP contribution in [-0.4, -0.2) is 10.1 Å². The van der Waals surface area contributed by atoms with Crippen molar-refractivity contribution in [3.63, 3.8) is 0 Å². The zero-order chi connectivity index (χ0) is 13.4. The first-order chi connectivity index (χ1) is 9.16. The van der Waals surface area contributed by atoms with Crippen LogP contribution in [0, 0.1) is 13.8 Å². The van der Waals surface area contributed by atoms with Crippen LogP contribution in [0.5, 0.6) is 0 Å². The lowest BCUT2D eigenvalue weighted by Gasteiger charge is -2.02. The topological polar surface area (TPSA) is 78.1 Å². The van der Waals surface area contributed by atoms with Crippen LogP contribution in [0.4, 0.5) is 5.69 Å². The zero-order valence-corrected chi connectivity index (χ0v) is 10.7. The summed E-state index contributed by atoms with van der Waals surface area (Å²) in [4.78, 5) is 4.39.